The monoisotopic (exact) mass is 425 g/mol. The van der Waals surface area contributed by atoms with Crippen LogP contribution in [0, 0.1) is 0 Å². The lowest BCUT2D eigenvalue weighted by Crippen LogP contribution is -2.41. The van der Waals surface area contributed by atoms with Crippen LogP contribution in [0.3, 0.4) is 0 Å². The predicted molar refractivity (Wildman–Crippen MR) is 106 cm³/mol. The number of hydrogen-bond acceptors (Lipinski definition) is 3. The van der Waals surface area contributed by atoms with E-state index in [1.807, 2.05) is 24.3 Å². The summed E-state index contributed by atoms with van der Waals surface area (Å²) in [6.07, 6.45) is -3.72. The van der Waals surface area contributed by atoms with Gasteiger partial charge in [-0.1, -0.05) is 41.9 Å². The van der Waals surface area contributed by atoms with Crippen molar-refractivity contribution >= 4 is 17.5 Å². The number of carbonyl (C=O) groups is 1. The second-order valence-corrected chi connectivity index (χ2v) is 7.57. The molecule has 156 valence electrons. The van der Waals surface area contributed by atoms with Crippen molar-refractivity contribution < 1.29 is 18.0 Å². The van der Waals surface area contributed by atoms with E-state index in [4.69, 9.17) is 11.6 Å². The van der Waals surface area contributed by atoms with Crippen molar-refractivity contribution in [3.63, 3.8) is 0 Å². The highest BCUT2D eigenvalue weighted by Crippen LogP contribution is 2.29. The number of carbonyl (C=O) groups excluding carboxylic acids is 1. The Hall–Kier alpha value is -2.09. The van der Waals surface area contributed by atoms with Crippen molar-refractivity contribution in [3.05, 3.63) is 70.2 Å². The van der Waals surface area contributed by atoms with Crippen molar-refractivity contribution in [2.75, 3.05) is 13.6 Å². The van der Waals surface area contributed by atoms with Crippen LogP contribution < -0.4 is 10.6 Å². The summed E-state index contributed by atoms with van der Waals surface area (Å²) in [6, 6.07) is 12.4. The molecule has 1 amide bonds. The number of amides is 1. The highest BCUT2D eigenvalue weighted by molar-refractivity contribution is 6.31. The van der Waals surface area contributed by atoms with Gasteiger partial charge in [0, 0.05) is 37.7 Å². The number of halogens is 4. The van der Waals surface area contributed by atoms with Gasteiger partial charge in [-0.25, -0.2) is 0 Å². The minimum atomic E-state index is -4.34. The molecule has 0 aromatic heterocycles. The molecular formula is C21H23ClF3N3O. The van der Waals surface area contributed by atoms with Crippen LogP contribution >= 0.6 is 11.6 Å². The average molecular weight is 426 g/mol. The topological polar surface area (TPSA) is 44.4 Å². The summed E-state index contributed by atoms with van der Waals surface area (Å²) in [6.45, 7) is 1.63. The zero-order chi connectivity index (χ0) is 21.0. The van der Waals surface area contributed by atoms with Gasteiger partial charge in [-0.3, -0.25) is 9.69 Å². The third-order valence-corrected chi connectivity index (χ3v) is 5.53. The lowest BCUT2D eigenvalue weighted by atomic mass is 10.1. The molecule has 0 spiro atoms. The molecule has 29 heavy (non-hydrogen) atoms. The molecule has 1 fully saturated rings. The molecule has 4 nitrogen and oxygen atoms in total. The van der Waals surface area contributed by atoms with Crippen molar-refractivity contribution in [2.24, 2.45) is 0 Å². The molecule has 2 atom stereocenters. The second-order valence-electron chi connectivity index (χ2n) is 7.16. The standard InChI is InChI=1S/C21H23ClF3N3O/c1-26-20(29)19-10-17(13-28(19)12-15-4-2-3-5-18(15)22)27-11-14-6-8-16(9-7-14)21(23,24)25/h2-9,17,19,27H,10-13H2,1H3,(H,26,29)/t17-,19-/m0/s1. The van der Waals surface area contributed by atoms with Crippen LogP contribution in [0.15, 0.2) is 48.5 Å². The highest BCUT2D eigenvalue weighted by Gasteiger charge is 2.36. The van der Waals surface area contributed by atoms with Crippen LogP contribution in [0.5, 0.6) is 0 Å². The molecule has 1 heterocycles. The summed E-state index contributed by atoms with van der Waals surface area (Å²) in [4.78, 5) is 14.4. The lowest BCUT2D eigenvalue weighted by molar-refractivity contribution is -0.137. The van der Waals surface area contributed by atoms with Crippen LogP contribution in [-0.4, -0.2) is 36.5 Å². The molecular weight excluding hydrogens is 403 g/mol. The number of benzene rings is 2. The van der Waals surface area contributed by atoms with Crippen LogP contribution in [0.4, 0.5) is 13.2 Å². The van der Waals surface area contributed by atoms with E-state index in [0.717, 1.165) is 23.3 Å². The van der Waals surface area contributed by atoms with Crippen molar-refractivity contribution in [3.8, 4) is 0 Å². The van der Waals surface area contributed by atoms with Gasteiger partial charge in [0.1, 0.15) is 0 Å². The van der Waals surface area contributed by atoms with E-state index in [1.165, 1.54) is 12.1 Å². The van der Waals surface area contributed by atoms with Gasteiger partial charge in [-0.15, -0.1) is 0 Å². The minimum absolute atomic E-state index is 0.0436. The number of likely N-dealkylation sites (tertiary alicyclic amines) is 1. The van der Waals surface area contributed by atoms with Crippen molar-refractivity contribution in [1.29, 1.82) is 0 Å². The fourth-order valence-electron chi connectivity index (χ4n) is 3.58. The normalized spacial score (nSPS) is 20.0. The van der Waals surface area contributed by atoms with Gasteiger partial charge in [0.15, 0.2) is 0 Å². The van der Waals surface area contributed by atoms with Crippen LogP contribution in [0.2, 0.25) is 5.02 Å². The Labute approximate surface area is 173 Å². The van der Waals surface area contributed by atoms with Crippen LogP contribution in [0.1, 0.15) is 23.1 Å². The van der Waals surface area contributed by atoms with E-state index in [2.05, 4.69) is 15.5 Å². The van der Waals surface area contributed by atoms with E-state index >= 15 is 0 Å². The molecule has 2 aromatic carbocycles. The molecule has 1 saturated heterocycles. The Bertz CT molecular complexity index is 842. The Kier molecular flexibility index (Phi) is 6.82. The molecule has 0 radical (unpaired) electrons. The van der Waals surface area contributed by atoms with E-state index in [0.29, 0.717) is 31.1 Å². The summed E-state index contributed by atoms with van der Waals surface area (Å²) >= 11 is 6.26. The first-order chi connectivity index (χ1) is 13.8. The van der Waals surface area contributed by atoms with Crippen molar-refractivity contribution in [2.45, 2.75) is 37.8 Å². The summed E-state index contributed by atoms with van der Waals surface area (Å²) in [5.41, 5.74) is 1.05. The van der Waals surface area contributed by atoms with E-state index < -0.39 is 11.7 Å². The maximum Gasteiger partial charge on any atom is 0.416 e. The Morgan fingerprint density at radius 2 is 1.86 bits per heavy atom. The Morgan fingerprint density at radius 3 is 2.48 bits per heavy atom. The first kappa shape index (κ1) is 21.6. The van der Waals surface area contributed by atoms with Gasteiger partial charge >= 0.3 is 6.18 Å². The summed E-state index contributed by atoms with van der Waals surface area (Å²) in [5.74, 6) is -0.0594. The molecule has 2 N–H and O–H groups in total. The van der Waals surface area contributed by atoms with Gasteiger partial charge in [0.2, 0.25) is 5.91 Å². The van der Waals surface area contributed by atoms with E-state index in [1.54, 1.807) is 7.05 Å². The number of nitrogens with one attached hydrogen (secondary N) is 2. The maximum absolute atomic E-state index is 12.7. The Balaban J connectivity index is 1.63. The third kappa shape index (κ3) is 5.50. The molecule has 2 aromatic rings. The van der Waals surface area contributed by atoms with E-state index in [-0.39, 0.29) is 18.0 Å². The predicted octanol–water partition coefficient (Wildman–Crippen LogP) is 3.84. The van der Waals surface area contributed by atoms with Crippen molar-refractivity contribution in [1.82, 2.24) is 15.5 Å². The van der Waals surface area contributed by atoms with E-state index in [9.17, 15) is 18.0 Å². The molecule has 1 aliphatic heterocycles. The minimum Gasteiger partial charge on any atom is -0.358 e. The SMILES string of the molecule is CNC(=O)[C@@H]1C[C@H](NCc2ccc(C(F)(F)F)cc2)CN1Cc1ccccc1Cl. The third-order valence-electron chi connectivity index (χ3n) is 5.16. The maximum atomic E-state index is 12.7. The average Bonchev–Trinajstić information content (AvgIpc) is 3.10. The molecule has 0 saturated carbocycles. The summed E-state index contributed by atoms with van der Waals surface area (Å²) in [5, 5.41) is 6.72. The highest BCUT2D eigenvalue weighted by atomic mass is 35.5. The first-order valence-corrected chi connectivity index (χ1v) is 9.74. The number of nitrogens with zero attached hydrogens (tertiary/aromatic N) is 1. The number of likely N-dealkylation sites (N-methyl/N-ethyl adjacent to an activating group) is 1. The molecule has 0 unspecified atom stereocenters. The number of alkyl halides is 3. The Morgan fingerprint density at radius 1 is 1.17 bits per heavy atom. The number of hydrogen-bond donors (Lipinski definition) is 2. The van der Waals surface area contributed by atoms with Gasteiger partial charge in [-0.05, 0) is 35.7 Å². The fraction of sp³-hybridized carbons (Fsp3) is 0.381. The van der Waals surface area contributed by atoms with Gasteiger partial charge in [0.25, 0.3) is 0 Å². The second kappa shape index (κ2) is 9.15. The number of rotatable bonds is 6. The largest absolute Gasteiger partial charge is 0.416 e. The molecule has 1 aliphatic rings. The van der Waals surface area contributed by atoms with Gasteiger partial charge in [0.05, 0.1) is 11.6 Å². The summed E-state index contributed by atoms with van der Waals surface area (Å²) < 4.78 is 38.1. The summed E-state index contributed by atoms with van der Waals surface area (Å²) in [7, 11) is 1.61. The molecule has 0 aliphatic carbocycles. The molecule has 0 bridgehead atoms. The fourth-order valence-corrected chi connectivity index (χ4v) is 3.78. The molecule has 3 rings (SSSR count). The lowest BCUT2D eigenvalue weighted by Gasteiger charge is -2.23. The smallest absolute Gasteiger partial charge is 0.358 e. The molecule has 8 heteroatoms. The van der Waals surface area contributed by atoms with Crippen LogP contribution in [0.25, 0.3) is 0 Å². The van der Waals surface area contributed by atoms with Gasteiger partial charge < -0.3 is 10.6 Å². The van der Waals surface area contributed by atoms with Gasteiger partial charge in [-0.2, -0.15) is 13.2 Å². The van der Waals surface area contributed by atoms with Crippen LogP contribution in [-0.2, 0) is 24.1 Å². The quantitative estimate of drug-likeness (QED) is 0.739. The zero-order valence-corrected chi connectivity index (χ0v) is 16.7. The first-order valence-electron chi connectivity index (χ1n) is 9.36. The zero-order valence-electron chi connectivity index (χ0n) is 16.0.